The maximum Gasteiger partial charge on any atom is 0.161 e. The van der Waals surface area contributed by atoms with Crippen molar-refractivity contribution in [1.29, 1.82) is 0 Å². The van der Waals surface area contributed by atoms with Crippen molar-refractivity contribution >= 4 is 0 Å². The van der Waals surface area contributed by atoms with Crippen molar-refractivity contribution in [2.75, 3.05) is 79.7 Å². The number of ether oxygens (including phenoxy) is 2. The van der Waals surface area contributed by atoms with E-state index < -0.39 is 6.10 Å². The van der Waals surface area contributed by atoms with Gasteiger partial charge < -0.3 is 29.7 Å². The van der Waals surface area contributed by atoms with Crippen LogP contribution in [0.2, 0.25) is 0 Å². The molecule has 1 aliphatic rings. The number of nitrogens with one attached hydrogen (secondary N) is 1. The fourth-order valence-electron chi connectivity index (χ4n) is 3.50. The van der Waals surface area contributed by atoms with Crippen LogP contribution in [-0.2, 0) is 6.54 Å². The molecule has 2 N–H and O–H groups in total. The lowest BCUT2D eigenvalue weighted by molar-refractivity contribution is 0.0705. The van der Waals surface area contributed by atoms with Gasteiger partial charge in [0.05, 0.1) is 7.11 Å². The minimum absolute atomic E-state index is 0.259. The van der Waals surface area contributed by atoms with E-state index in [-0.39, 0.29) is 6.61 Å². The number of benzene rings is 1. The van der Waals surface area contributed by atoms with Gasteiger partial charge in [0.1, 0.15) is 12.7 Å². The summed E-state index contributed by atoms with van der Waals surface area (Å²) in [6.45, 7) is 14.4. The van der Waals surface area contributed by atoms with Crippen LogP contribution in [0.1, 0.15) is 19.4 Å². The molecule has 0 bridgehead atoms. The van der Waals surface area contributed by atoms with Crippen molar-refractivity contribution in [2.24, 2.45) is 0 Å². The molecule has 0 aliphatic carbocycles. The Hall–Kier alpha value is -1.38. The zero-order chi connectivity index (χ0) is 21.1. The molecule has 1 atom stereocenters. The van der Waals surface area contributed by atoms with Crippen LogP contribution in [0.4, 0.5) is 0 Å². The molecule has 1 aromatic rings. The van der Waals surface area contributed by atoms with Crippen molar-refractivity contribution < 1.29 is 14.6 Å². The Morgan fingerprint density at radius 3 is 2.52 bits per heavy atom. The fraction of sp³-hybridized carbons (Fsp3) is 0.727. The first-order chi connectivity index (χ1) is 14.0. The van der Waals surface area contributed by atoms with Crippen molar-refractivity contribution in [2.45, 2.75) is 26.5 Å². The van der Waals surface area contributed by atoms with E-state index in [4.69, 9.17) is 9.47 Å². The number of aliphatic hydroxyl groups is 1. The molecular weight excluding hydrogens is 368 g/mol. The predicted molar refractivity (Wildman–Crippen MR) is 118 cm³/mol. The van der Waals surface area contributed by atoms with E-state index >= 15 is 0 Å². The molecule has 0 radical (unpaired) electrons. The van der Waals surface area contributed by atoms with Crippen LogP contribution in [-0.4, -0.2) is 106 Å². The molecule has 0 spiro atoms. The highest BCUT2D eigenvalue weighted by atomic mass is 16.5. The molecule has 1 heterocycles. The molecule has 0 unspecified atom stereocenters. The van der Waals surface area contributed by atoms with E-state index in [0.29, 0.717) is 18.0 Å². The summed E-state index contributed by atoms with van der Waals surface area (Å²) in [7, 11) is 3.83. The molecule has 166 valence electrons. The lowest BCUT2D eigenvalue weighted by Crippen LogP contribution is -2.46. The number of nitrogens with zero attached hydrogens (tertiary/aromatic N) is 3. The molecular formula is C22H40N4O3. The maximum atomic E-state index is 10.2. The lowest BCUT2D eigenvalue weighted by Gasteiger charge is -2.32. The second-order valence-electron chi connectivity index (χ2n) is 7.76. The second-order valence-corrected chi connectivity index (χ2v) is 7.76. The summed E-state index contributed by atoms with van der Waals surface area (Å²) < 4.78 is 11.3. The number of likely N-dealkylation sites (N-methyl/N-ethyl adjacent to an activating group) is 2. The highest BCUT2D eigenvalue weighted by Crippen LogP contribution is 2.28. The highest BCUT2D eigenvalue weighted by molar-refractivity contribution is 5.43. The summed E-state index contributed by atoms with van der Waals surface area (Å²) in [5.41, 5.74) is 1.16. The molecule has 1 aliphatic heterocycles. The van der Waals surface area contributed by atoms with Crippen molar-refractivity contribution in [3.63, 3.8) is 0 Å². The normalized spacial score (nSPS) is 16.9. The number of piperazine rings is 1. The quantitative estimate of drug-likeness (QED) is 0.474. The van der Waals surface area contributed by atoms with Crippen LogP contribution >= 0.6 is 0 Å². The van der Waals surface area contributed by atoms with E-state index in [9.17, 15) is 5.11 Å². The molecule has 7 heteroatoms. The third kappa shape index (κ3) is 8.48. The molecule has 0 saturated carbocycles. The monoisotopic (exact) mass is 408 g/mol. The van der Waals surface area contributed by atoms with Gasteiger partial charge in [-0.2, -0.15) is 0 Å². The van der Waals surface area contributed by atoms with E-state index in [0.717, 1.165) is 64.5 Å². The third-order valence-corrected chi connectivity index (χ3v) is 5.55. The molecule has 2 rings (SSSR count). The number of rotatable bonds is 13. The summed E-state index contributed by atoms with van der Waals surface area (Å²) in [6, 6.07) is 5.99. The molecule has 29 heavy (non-hydrogen) atoms. The lowest BCUT2D eigenvalue weighted by atomic mass is 10.2. The first-order valence-electron chi connectivity index (χ1n) is 10.9. The Bertz CT molecular complexity index is 575. The summed E-state index contributed by atoms with van der Waals surface area (Å²) >= 11 is 0. The van der Waals surface area contributed by atoms with Gasteiger partial charge in [0.15, 0.2) is 11.5 Å². The first-order valence-corrected chi connectivity index (χ1v) is 10.9. The summed E-state index contributed by atoms with van der Waals surface area (Å²) in [4.78, 5) is 7.07. The molecule has 1 aromatic carbocycles. The van der Waals surface area contributed by atoms with Gasteiger partial charge in [-0.05, 0) is 37.8 Å². The van der Waals surface area contributed by atoms with Crippen LogP contribution in [0.3, 0.4) is 0 Å². The molecule has 0 amide bonds. The smallest absolute Gasteiger partial charge is 0.161 e. The van der Waals surface area contributed by atoms with Crippen LogP contribution < -0.4 is 14.8 Å². The summed E-state index contributed by atoms with van der Waals surface area (Å²) in [5, 5.41) is 13.7. The Labute approximate surface area is 176 Å². The third-order valence-electron chi connectivity index (χ3n) is 5.55. The number of methoxy groups -OCH3 is 1. The minimum atomic E-state index is -0.518. The Morgan fingerprint density at radius 1 is 1.14 bits per heavy atom. The number of hydrogen-bond donors (Lipinski definition) is 2. The topological polar surface area (TPSA) is 60.4 Å². The minimum Gasteiger partial charge on any atom is -0.493 e. The zero-order valence-electron chi connectivity index (χ0n) is 18.7. The molecule has 0 aromatic heterocycles. The van der Waals surface area contributed by atoms with Crippen LogP contribution in [0.25, 0.3) is 0 Å². The number of aliphatic hydroxyl groups excluding tert-OH is 1. The average molecular weight is 409 g/mol. The summed E-state index contributed by atoms with van der Waals surface area (Å²) in [6.07, 6.45) is -0.518. The first kappa shape index (κ1) is 23.9. The van der Waals surface area contributed by atoms with Gasteiger partial charge in [-0.25, -0.2) is 0 Å². The average Bonchev–Trinajstić information content (AvgIpc) is 2.75. The van der Waals surface area contributed by atoms with E-state index in [1.807, 2.05) is 12.1 Å². The second kappa shape index (κ2) is 13.0. The Kier molecular flexibility index (Phi) is 10.7. The standard InChI is InChI=1S/C22H40N4O3/c1-5-25(6-2)17-20(27)18-29-21-8-7-19(15-22(21)28-4)16-23-9-10-26-13-11-24(3)12-14-26/h7-8,15,20,23,27H,5-6,9-14,16-18H2,1-4H3/t20-/m0/s1. The molecule has 1 saturated heterocycles. The number of hydrogen-bond acceptors (Lipinski definition) is 7. The van der Waals surface area contributed by atoms with Crippen molar-refractivity contribution in [1.82, 2.24) is 20.0 Å². The van der Waals surface area contributed by atoms with Gasteiger partial charge in [-0.15, -0.1) is 0 Å². The van der Waals surface area contributed by atoms with Gasteiger partial charge in [0.25, 0.3) is 0 Å². The SMILES string of the molecule is CCN(CC)C[C@H](O)COc1ccc(CNCCN2CCN(C)CC2)cc1OC. The highest BCUT2D eigenvalue weighted by Gasteiger charge is 2.14. The van der Waals surface area contributed by atoms with E-state index in [2.05, 4.69) is 47.0 Å². The molecule has 1 fully saturated rings. The fourth-order valence-corrected chi connectivity index (χ4v) is 3.50. The zero-order valence-corrected chi connectivity index (χ0v) is 18.7. The van der Waals surface area contributed by atoms with Gasteiger partial charge in [-0.1, -0.05) is 19.9 Å². The van der Waals surface area contributed by atoms with Crippen molar-refractivity contribution in [3.05, 3.63) is 23.8 Å². The largest absolute Gasteiger partial charge is 0.493 e. The van der Waals surface area contributed by atoms with Gasteiger partial charge in [-0.3, -0.25) is 4.90 Å². The van der Waals surface area contributed by atoms with E-state index in [1.165, 1.54) is 0 Å². The predicted octanol–water partition coefficient (Wildman–Crippen LogP) is 1.11. The Balaban J connectivity index is 1.74. The Morgan fingerprint density at radius 2 is 1.86 bits per heavy atom. The van der Waals surface area contributed by atoms with Crippen LogP contribution in [0.5, 0.6) is 11.5 Å². The maximum absolute atomic E-state index is 10.2. The van der Waals surface area contributed by atoms with Gasteiger partial charge in [0.2, 0.25) is 0 Å². The van der Waals surface area contributed by atoms with Gasteiger partial charge >= 0.3 is 0 Å². The van der Waals surface area contributed by atoms with E-state index in [1.54, 1.807) is 7.11 Å². The van der Waals surface area contributed by atoms with Gasteiger partial charge in [0, 0.05) is 52.4 Å². The van der Waals surface area contributed by atoms with Crippen LogP contribution in [0.15, 0.2) is 18.2 Å². The summed E-state index contributed by atoms with van der Waals surface area (Å²) in [5.74, 6) is 1.38. The van der Waals surface area contributed by atoms with Crippen LogP contribution in [0, 0.1) is 0 Å². The van der Waals surface area contributed by atoms with Crippen molar-refractivity contribution in [3.8, 4) is 11.5 Å². The molecule has 7 nitrogen and oxygen atoms in total.